The summed E-state index contributed by atoms with van der Waals surface area (Å²) >= 11 is 12.1. The van der Waals surface area contributed by atoms with Gasteiger partial charge in [0.15, 0.2) is 0 Å². The summed E-state index contributed by atoms with van der Waals surface area (Å²) in [6, 6.07) is 11.3. The van der Waals surface area contributed by atoms with Crippen LogP contribution in [0.25, 0.3) is 0 Å². The Hall–Kier alpha value is -2.33. The molecule has 8 nitrogen and oxygen atoms in total. The van der Waals surface area contributed by atoms with Crippen molar-refractivity contribution in [2.75, 3.05) is 25.5 Å². The number of rotatable bonds is 9. The van der Waals surface area contributed by atoms with Gasteiger partial charge < -0.3 is 15.5 Å². The minimum absolute atomic E-state index is 0.114. The third kappa shape index (κ3) is 7.39. The molecule has 2 rings (SSSR count). The zero-order chi connectivity index (χ0) is 23.0. The Bertz CT molecular complexity index is 1030. The van der Waals surface area contributed by atoms with E-state index in [2.05, 4.69) is 15.4 Å². The number of carbonyl (C=O) groups excluding carboxylic acids is 2. The van der Waals surface area contributed by atoms with Crippen LogP contribution in [0, 0.1) is 0 Å². The fourth-order valence-electron chi connectivity index (χ4n) is 2.73. The van der Waals surface area contributed by atoms with Crippen molar-refractivity contribution >= 4 is 50.9 Å². The van der Waals surface area contributed by atoms with Crippen LogP contribution in [0.2, 0.25) is 10.0 Å². The molecule has 0 aliphatic carbocycles. The van der Waals surface area contributed by atoms with Gasteiger partial charge in [0, 0.05) is 13.1 Å². The van der Waals surface area contributed by atoms with Crippen molar-refractivity contribution in [1.82, 2.24) is 14.9 Å². The van der Waals surface area contributed by atoms with Crippen LogP contribution in [-0.4, -0.2) is 45.4 Å². The number of likely N-dealkylation sites (N-methyl/N-ethyl adjacent to an activating group) is 1. The van der Waals surface area contributed by atoms with Crippen molar-refractivity contribution in [3.63, 3.8) is 0 Å². The maximum atomic E-state index is 12.6. The van der Waals surface area contributed by atoms with Crippen LogP contribution >= 0.6 is 23.2 Å². The number of hydrogen-bond acceptors (Lipinski definition) is 4. The third-order valence-electron chi connectivity index (χ3n) is 4.44. The molecule has 0 aliphatic heterocycles. The first kappa shape index (κ1) is 24.9. The molecule has 0 heterocycles. The van der Waals surface area contributed by atoms with E-state index >= 15 is 0 Å². The largest absolute Gasteiger partial charge is 0.334 e. The van der Waals surface area contributed by atoms with Crippen molar-refractivity contribution in [1.29, 1.82) is 0 Å². The van der Waals surface area contributed by atoms with Gasteiger partial charge in [-0.2, -0.15) is 0 Å². The Kier molecular flexibility index (Phi) is 9.12. The molecule has 0 radical (unpaired) electrons. The highest BCUT2D eigenvalue weighted by molar-refractivity contribution is 7.88. The average molecular weight is 487 g/mol. The maximum Gasteiger partial charge on any atom is 0.318 e. The number of carbonyl (C=O) groups is 2. The lowest BCUT2D eigenvalue weighted by Crippen LogP contribution is -2.43. The van der Waals surface area contributed by atoms with Gasteiger partial charge in [0.1, 0.15) is 6.54 Å². The first-order chi connectivity index (χ1) is 14.7. The van der Waals surface area contributed by atoms with Gasteiger partial charge in [-0.25, -0.2) is 17.9 Å². The second kappa shape index (κ2) is 11.3. The first-order valence-electron chi connectivity index (χ1n) is 9.41. The summed E-state index contributed by atoms with van der Waals surface area (Å²) in [5.74, 6) is -0.652. The zero-order valence-corrected chi connectivity index (χ0v) is 19.4. The van der Waals surface area contributed by atoms with Gasteiger partial charge in [-0.15, -0.1) is 0 Å². The molecule has 3 N–H and O–H groups in total. The van der Waals surface area contributed by atoms with E-state index in [0.29, 0.717) is 21.2 Å². The number of sulfonamides is 1. The second-order valence-electron chi connectivity index (χ2n) is 6.55. The van der Waals surface area contributed by atoms with Gasteiger partial charge in [-0.05, 0) is 37.2 Å². The summed E-state index contributed by atoms with van der Waals surface area (Å²) in [7, 11) is -2.11. The minimum atomic E-state index is -3.45. The van der Waals surface area contributed by atoms with E-state index in [1.165, 1.54) is 11.9 Å². The number of nitrogens with one attached hydrogen (secondary N) is 3. The lowest BCUT2D eigenvalue weighted by molar-refractivity contribution is -0.116. The van der Waals surface area contributed by atoms with E-state index in [9.17, 15) is 18.0 Å². The predicted molar refractivity (Wildman–Crippen MR) is 123 cm³/mol. The number of hydrogen-bond donors (Lipinski definition) is 3. The molecular weight excluding hydrogens is 463 g/mol. The number of anilines is 1. The van der Waals surface area contributed by atoms with Gasteiger partial charge >= 0.3 is 6.03 Å². The summed E-state index contributed by atoms with van der Waals surface area (Å²) in [5.41, 5.74) is 1.52. The molecule has 2 aromatic carbocycles. The maximum absolute atomic E-state index is 12.6. The van der Waals surface area contributed by atoms with Crippen molar-refractivity contribution in [3.8, 4) is 0 Å². The number of benzene rings is 2. The van der Waals surface area contributed by atoms with E-state index in [0.717, 1.165) is 0 Å². The zero-order valence-electron chi connectivity index (χ0n) is 17.1. The van der Waals surface area contributed by atoms with Crippen molar-refractivity contribution in [2.45, 2.75) is 19.2 Å². The number of amides is 3. The molecule has 31 heavy (non-hydrogen) atoms. The van der Waals surface area contributed by atoms with Gasteiger partial charge in [-0.1, -0.05) is 53.5 Å². The molecule has 0 fully saturated rings. The van der Waals surface area contributed by atoms with Crippen molar-refractivity contribution < 1.29 is 18.0 Å². The molecule has 0 atom stereocenters. The molecule has 0 aliphatic rings. The van der Waals surface area contributed by atoms with Crippen LogP contribution in [0.1, 0.15) is 18.1 Å². The Morgan fingerprint density at radius 2 is 1.61 bits per heavy atom. The molecule has 3 amide bonds. The monoisotopic (exact) mass is 486 g/mol. The Morgan fingerprint density at radius 3 is 2.19 bits per heavy atom. The Morgan fingerprint density at radius 1 is 1.00 bits per heavy atom. The lowest BCUT2D eigenvalue weighted by atomic mass is 10.1. The molecule has 2 aromatic rings. The summed E-state index contributed by atoms with van der Waals surface area (Å²) < 4.78 is 26.0. The van der Waals surface area contributed by atoms with Crippen molar-refractivity contribution in [2.24, 2.45) is 0 Å². The normalized spacial score (nSPS) is 11.1. The number of para-hydroxylation sites is 1. The number of urea groups is 1. The second-order valence-corrected chi connectivity index (χ2v) is 9.29. The summed E-state index contributed by atoms with van der Waals surface area (Å²) in [5, 5.41) is 5.93. The standard InChI is InChI=1S/C20H24Cl2N4O4S/c1-3-26(12-18(27)25-19-16(21)9-6-10-17(19)22)20(28)24-11-14-7-4-5-8-15(14)13-31(29,30)23-2/h4-10,23H,3,11-13H2,1-2H3,(H,24,28)(H,25,27). The van der Waals surface area contributed by atoms with Crippen LogP contribution in [0.4, 0.5) is 10.5 Å². The highest BCUT2D eigenvalue weighted by atomic mass is 35.5. The van der Waals surface area contributed by atoms with Gasteiger partial charge in [0.2, 0.25) is 15.9 Å². The number of nitrogens with zero attached hydrogens (tertiary/aromatic N) is 1. The smallest absolute Gasteiger partial charge is 0.318 e. The molecule has 0 saturated heterocycles. The van der Waals surface area contributed by atoms with E-state index in [4.69, 9.17) is 23.2 Å². The average Bonchev–Trinajstić information content (AvgIpc) is 2.73. The summed E-state index contributed by atoms with van der Waals surface area (Å²) in [6.07, 6.45) is 0. The fraction of sp³-hybridized carbons (Fsp3) is 0.300. The van der Waals surface area contributed by atoms with E-state index in [-0.39, 0.29) is 31.1 Å². The van der Waals surface area contributed by atoms with Gasteiger partial charge in [-0.3, -0.25) is 4.79 Å². The highest BCUT2D eigenvalue weighted by Gasteiger charge is 2.18. The minimum Gasteiger partial charge on any atom is -0.334 e. The SMILES string of the molecule is CCN(CC(=O)Nc1c(Cl)cccc1Cl)C(=O)NCc1ccccc1CS(=O)(=O)NC. The lowest BCUT2D eigenvalue weighted by Gasteiger charge is -2.21. The third-order valence-corrected chi connectivity index (χ3v) is 6.38. The predicted octanol–water partition coefficient (Wildman–Crippen LogP) is 3.21. The van der Waals surface area contributed by atoms with E-state index < -0.39 is 22.0 Å². The number of halogens is 2. The summed E-state index contributed by atoms with van der Waals surface area (Å²) in [4.78, 5) is 26.3. The fourth-order valence-corrected chi connectivity index (χ4v) is 4.05. The molecule has 168 valence electrons. The van der Waals surface area contributed by atoms with Crippen LogP contribution in [0.3, 0.4) is 0 Å². The first-order valence-corrected chi connectivity index (χ1v) is 11.8. The Labute approximate surface area is 192 Å². The molecule has 0 aromatic heterocycles. The molecule has 0 spiro atoms. The topological polar surface area (TPSA) is 108 Å². The van der Waals surface area contributed by atoms with Gasteiger partial charge in [0.05, 0.1) is 21.5 Å². The van der Waals surface area contributed by atoms with Crippen LogP contribution < -0.4 is 15.4 Å². The quantitative estimate of drug-likeness (QED) is 0.505. The van der Waals surface area contributed by atoms with Crippen LogP contribution in [-0.2, 0) is 27.1 Å². The molecule has 0 bridgehead atoms. The molecule has 0 saturated carbocycles. The highest BCUT2D eigenvalue weighted by Crippen LogP contribution is 2.29. The molecular formula is C20H24Cl2N4O4S. The van der Waals surface area contributed by atoms with Gasteiger partial charge in [0.25, 0.3) is 0 Å². The van der Waals surface area contributed by atoms with Crippen molar-refractivity contribution in [3.05, 3.63) is 63.6 Å². The Balaban J connectivity index is 2.00. The molecule has 0 unspecified atom stereocenters. The molecule has 11 heteroatoms. The van der Waals surface area contributed by atoms with Crippen LogP contribution in [0.15, 0.2) is 42.5 Å². The van der Waals surface area contributed by atoms with Crippen LogP contribution in [0.5, 0.6) is 0 Å². The van der Waals surface area contributed by atoms with E-state index in [1.54, 1.807) is 49.4 Å². The summed E-state index contributed by atoms with van der Waals surface area (Å²) in [6.45, 7) is 1.93. The van der Waals surface area contributed by atoms with E-state index in [1.807, 2.05) is 0 Å².